The van der Waals surface area contributed by atoms with E-state index in [9.17, 15) is 0 Å². The molecule has 0 aliphatic carbocycles. The second kappa shape index (κ2) is 5.62. The van der Waals surface area contributed by atoms with Crippen LogP contribution in [0.3, 0.4) is 0 Å². The fraction of sp³-hybridized carbons (Fsp3) is 0.0909. The van der Waals surface area contributed by atoms with Gasteiger partial charge in [-0.2, -0.15) is 5.10 Å². The van der Waals surface area contributed by atoms with Crippen LogP contribution in [0.25, 0.3) is 0 Å². The van der Waals surface area contributed by atoms with Crippen LogP contribution in [0.4, 0.5) is 5.13 Å². The molecule has 0 spiro atoms. The molecule has 6 heteroatoms. The number of halogens is 2. The van der Waals surface area contributed by atoms with Crippen molar-refractivity contribution in [3.63, 3.8) is 0 Å². The van der Waals surface area contributed by atoms with Gasteiger partial charge in [-0.25, -0.2) is 4.98 Å². The van der Waals surface area contributed by atoms with Gasteiger partial charge in [0.2, 0.25) is 5.13 Å². The van der Waals surface area contributed by atoms with Crippen LogP contribution in [0.5, 0.6) is 0 Å². The monoisotopic (exact) mass is 329 g/mol. The predicted octanol–water partition coefficient (Wildman–Crippen LogP) is 4.31. The molecule has 0 aliphatic rings. The zero-order valence-corrected chi connectivity index (χ0v) is 12.1. The number of anilines is 1. The lowest BCUT2D eigenvalue weighted by Crippen LogP contribution is -1.90. The third-order valence-corrected chi connectivity index (χ3v) is 3.64. The number of hydrogen-bond donors (Lipinski definition) is 1. The summed E-state index contributed by atoms with van der Waals surface area (Å²) in [6, 6.07) is 5.61. The van der Waals surface area contributed by atoms with Crippen molar-refractivity contribution >= 4 is 50.2 Å². The van der Waals surface area contributed by atoms with Gasteiger partial charge in [0.15, 0.2) is 0 Å². The zero-order chi connectivity index (χ0) is 12.3. The number of aromatic nitrogens is 1. The van der Waals surface area contributed by atoms with Crippen molar-refractivity contribution in [3.05, 3.63) is 44.3 Å². The van der Waals surface area contributed by atoms with Gasteiger partial charge in [0, 0.05) is 20.4 Å². The van der Waals surface area contributed by atoms with Crippen molar-refractivity contribution in [2.24, 2.45) is 5.10 Å². The van der Waals surface area contributed by atoms with E-state index in [0.29, 0.717) is 5.02 Å². The van der Waals surface area contributed by atoms with Crippen molar-refractivity contribution < 1.29 is 0 Å². The highest BCUT2D eigenvalue weighted by Gasteiger charge is 1.98. The molecule has 2 rings (SSSR count). The maximum atomic E-state index is 6.03. The van der Waals surface area contributed by atoms with Gasteiger partial charge in [-0.3, -0.25) is 5.43 Å². The topological polar surface area (TPSA) is 37.3 Å². The van der Waals surface area contributed by atoms with E-state index in [0.717, 1.165) is 20.9 Å². The van der Waals surface area contributed by atoms with Crippen LogP contribution in [0, 0.1) is 6.92 Å². The Morgan fingerprint density at radius 2 is 2.35 bits per heavy atom. The first-order chi connectivity index (χ1) is 8.15. The van der Waals surface area contributed by atoms with E-state index in [1.807, 2.05) is 30.5 Å². The van der Waals surface area contributed by atoms with Gasteiger partial charge in [0.25, 0.3) is 0 Å². The van der Waals surface area contributed by atoms with Gasteiger partial charge in [-0.15, -0.1) is 11.3 Å². The minimum atomic E-state index is 0.661. The Bertz CT molecular complexity index is 553. The summed E-state index contributed by atoms with van der Waals surface area (Å²) in [5.74, 6) is 0. The van der Waals surface area contributed by atoms with Crippen molar-refractivity contribution in [1.82, 2.24) is 4.98 Å². The number of hydrazone groups is 1. The highest BCUT2D eigenvalue weighted by Crippen LogP contribution is 2.19. The zero-order valence-electron chi connectivity index (χ0n) is 8.95. The average Bonchev–Trinajstić information content (AvgIpc) is 2.69. The van der Waals surface area contributed by atoms with Crippen molar-refractivity contribution in [2.45, 2.75) is 6.92 Å². The Hall–Kier alpha value is -0.910. The standard InChI is InChI=1S/C11H9BrClN3S/c1-7-6-17-11(15-7)16-14-5-8-4-9(12)2-3-10(8)13/h2-6H,1H3,(H,15,16). The maximum Gasteiger partial charge on any atom is 0.203 e. The molecular formula is C11H9BrClN3S. The summed E-state index contributed by atoms with van der Waals surface area (Å²) in [7, 11) is 0. The Balaban J connectivity index is 2.07. The van der Waals surface area contributed by atoms with E-state index in [1.165, 1.54) is 11.3 Å². The van der Waals surface area contributed by atoms with Crippen LogP contribution in [0.15, 0.2) is 33.2 Å². The second-order valence-electron chi connectivity index (χ2n) is 3.33. The van der Waals surface area contributed by atoms with Crippen LogP contribution < -0.4 is 5.43 Å². The number of nitrogens with one attached hydrogen (secondary N) is 1. The summed E-state index contributed by atoms with van der Waals surface area (Å²) < 4.78 is 0.966. The molecule has 0 fully saturated rings. The molecule has 2 aromatic rings. The third kappa shape index (κ3) is 3.52. The van der Waals surface area contributed by atoms with Crippen molar-refractivity contribution in [3.8, 4) is 0 Å². The SMILES string of the molecule is Cc1csc(NN=Cc2cc(Br)ccc2Cl)n1. The quantitative estimate of drug-likeness (QED) is 0.672. The summed E-state index contributed by atoms with van der Waals surface area (Å²) in [5.41, 5.74) is 4.69. The highest BCUT2D eigenvalue weighted by molar-refractivity contribution is 9.10. The molecule has 0 saturated heterocycles. The van der Waals surface area contributed by atoms with Gasteiger partial charge in [-0.05, 0) is 25.1 Å². The molecule has 0 atom stereocenters. The van der Waals surface area contributed by atoms with Crippen molar-refractivity contribution in [2.75, 3.05) is 5.43 Å². The minimum absolute atomic E-state index is 0.661. The van der Waals surface area contributed by atoms with Gasteiger partial charge in [-0.1, -0.05) is 27.5 Å². The number of aryl methyl sites for hydroxylation is 1. The lowest BCUT2D eigenvalue weighted by atomic mass is 10.2. The number of hydrogen-bond acceptors (Lipinski definition) is 4. The Labute approximate surface area is 117 Å². The second-order valence-corrected chi connectivity index (χ2v) is 5.51. The first kappa shape index (κ1) is 12.5. The maximum absolute atomic E-state index is 6.03. The molecule has 0 saturated carbocycles. The summed E-state index contributed by atoms with van der Waals surface area (Å²) in [6.07, 6.45) is 1.67. The lowest BCUT2D eigenvalue weighted by Gasteiger charge is -1.98. The highest BCUT2D eigenvalue weighted by atomic mass is 79.9. The molecule has 1 N–H and O–H groups in total. The van der Waals surface area contributed by atoms with Crippen LogP contribution in [0.1, 0.15) is 11.3 Å². The number of benzene rings is 1. The normalized spacial score (nSPS) is 11.0. The van der Waals surface area contributed by atoms with E-state index >= 15 is 0 Å². The molecule has 88 valence electrons. The van der Waals surface area contributed by atoms with Crippen LogP contribution in [0.2, 0.25) is 5.02 Å². The molecule has 1 heterocycles. The minimum Gasteiger partial charge on any atom is -0.253 e. The molecule has 3 nitrogen and oxygen atoms in total. The van der Waals surface area contributed by atoms with Crippen LogP contribution in [-0.4, -0.2) is 11.2 Å². The van der Waals surface area contributed by atoms with E-state index in [4.69, 9.17) is 11.6 Å². The summed E-state index contributed by atoms with van der Waals surface area (Å²) in [4.78, 5) is 4.23. The summed E-state index contributed by atoms with van der Waals surface area (Å²) in [6.45, 7) is 1.94. The summed E-state index contributed by atoms with van der Waals surface area (Å²) >= 11 is 10.9. The molecule has 0 radical (unpaired) electrons. The largest absolute Gasteiger partial charge is 0.253 e. The number of thiazole rings is 1. The fourth-order valence-corrected chi connectivity index (χ4v) is 2.36. The van der Waals surface area contributed by atoms with E-state index in [2.05, 4.69) is 31.4 Å². The third-order valence-electron chi connectivity index (χ3n) is 1.94. The van der Waals surface area contributed by atoms with E-state index < -0.39 is 0 Å². The molecule has 1 aromatic heterocycles. The van der Waals surface area contributed by atoms with E-state index in [1.54, 1.807) is 6.21 Å². The Kier molecular flexibility index (Phi) is 4.15. The Morgan fingerprint density at radius 3 is 3.06 bits per heavy atom. The summed E-state index contributed by atoms with van der Waals surface area (Å²) in [5, 5.41) is 7.49. The van der Waals surface area contributed by atoms with E-state index in [-0.39, 0.29) is 0 Å². The Morgan fingerprint density at radius 1 is 1.53 bits per heavy atom. The molecule has 0 unspecified atom stereocenters. The molecule has 0 amide bonds. The first-order valence-corrected chi connectivity index (χ1v) is 6.86. The molecule has 0 bridgehead atoms. The van der Waals surface area contributed by atoms with Gasteiger partial charge in [0.05, 0.1) is 11.9 Å². The van der Waals surface area contributed by atoms with Gasteiger partial charge >= 0.3 is 0 Å². The smallest absolute Gasteiger partial charge is 0.203 e. The van der Waals surface area contributed by atoms with Gasteiger partial charge < -0.3 is 0 Å². The fourth-order valence-electron chi connectivity index (χ4n) is 1.18. The number of nitrogens with zero attached hydrogens (tertiary/aromatic N) is 2. The molecule has 17 heavy (non-hydrogen) atoms. The predicted molar refractivity (Wildman–Crippen MR) is 77.2 cm³/mol. The molecule has 0 aliphatic heterocycles. The lowest BCUT2D eigenvalue weighted by molar-refractivity contribution is 1.22. The van der Waals surface area contributed by atoms with Gasteiger partial charge in [0.1, 0.15) is 0 Å². The first-order valence-electron chi connectivity index (χ1n) is 4.81. The van der Waals surface area contributed by atoms with Crippen molar-refractivity contribution in [1.29, 1.82) is 0 Å². The average molecular weight is 331 g/mol. The number of rotatable bonds is 3. The molecular weight excluding hydrogens is 322 g/mol. The van der Waals surface area contributed by atoms with Crippen LogP contribution >= 0.6 is 38.9 Å². The molecule has 1 aromatic carbocycles. The van der Waals surface area contributed by atoms with Crippen LogP contribution in [-0.2, 0) is 0 Å².